The monoisotopic (exact) mass is 632 g/mol. The first-order chi connectivity index (χ1) is 21.3. The lowest BCUT2D eigenvalue weighted by atomic mass is 9.75. The highest BCUT2D eigenvalue weighted by Crippen LogP contribution is 2.49. The highest BCUT2D eigenvalue weighted by atomic mass is 32.2. The first-order valence-electron chi connectivity index (χ1n) is 13.4. The lowest BCUT2D eigenvalue weighted by molar-refractivity contribution is -0.116. The lowest BCUT2D eigenvalue weighted by Gasteiger charge is -2.38. The summed E-state index contributed by atoms with van der Waals surface area (Å²) in [4.78, 5) is 39.3. The van der Waals surface area contributed by atoms with Crippen LogP contribution in [0.5, 0.6) is 11.5 Å². The van der Waals surface area contributed by atoms with E-state index >= 15 is 0 Å². The van der Waals surface area contributed by atoms with Crippen molar-refractivity contribution in [3.05, 3.63) is 76.3 Å². The molecule has 2 aromatic carbocycles. The van der Waals surface area contributed by atoms with Gasteiger partial charge in [0.2, 0.25) is 11.0 Å². The minimum absolute atomic E-state index is 0.0479. The fraction of sp³-hybridized carbons (Fsp3) is 0.267. The second-order valence-electron chi connectivity index (χ2n) is 9.68. The number of thioether (sulfide) groups is 1. The van der Waals surface area contributed by atoms with Gasteiger partial charge in [0.25, 0.3) is 0 Å². The number of allylic oxidation sites excluding steroid dienone is 3. The molecule has 1 unspecified atom stereocenters. The highest BCUT2D eigenvalue weighted by molar-refractivity contribution is 8.01. The van der Waals surface area contributed by atoms with Gasteiger partial charge < -0.3 is 25.3 Å². The standard InChI is InChI=1S/C30H28N6O6S2/c1-40-18-11-12-23(41-2)19(13-18)25-20(14-31)27(32)36(21-5-4-6-22(37)26(21)25)29-34-35-30(44-29)43-15-24(38)33-17-9-7-16(8-10-17)28(39)42-3/h7-13,25H,4-6,15,32H2,1-3H3,(H,33,38). The molecule has 1 amide bonds. The van der Waals surface area contributed by atoms with Crippen molar-refractivity contribution >= 4 is 51.6 Å². The number of anilines is 2. The summed E-state index contributed by atoms with van der Waals surface area (Å²) in [6.45, 7) is 0. The normalized spacial score (nSPS) is 16.3. The summed E-state index contributed by atoms with van der Waals surface area (Å²) >= 11 is 2.39. The molecule has 14 heteroatoms. The maximum atomic E-state index is 13.5. The minimum atomic E-state index is -0.740. The molecule has 0 saturated carbocycles. The largest absolute Gasteiger partial charge is 0.497 e. The Kier molecular flexibility index (Phi) is 9.17. The number of hydrogen-bond donors (Lipinski definition) is 2. The van der Waals surface area contributed by atoms with Crippen LogP contribution in [0.1, 0.15) is 41.1 Å². The maximum Gasteiger partial charge on any atom is 0.337 e. The van der Waals surface area contributed by atoms with Crippen LogP contribution in [0.25, 0.3) is 0 Å². The van der Waals surface area contributed by atoms with E-state index in [1.165, 1.54) is 37.3 Å². The third-order valence-corrected chi connectivity index (χ3v) is 9.21. The van der Waals surface area contributed by atoms with Gasteiger partial charge in [0.05, 0.1) is 50.2 Å². The van der Waals surface area contributed by atoms with Crippen LogP contribution < -0.4 is 25.4 Å². The van der Waals surface area contributed by atoms with Gasteiger partial charge in [-0.05, 0) is 55.3 Å². The van der Waals surface area contributed by atoms with Crippen LogP contribution in [0.4, 0.5) is 10.8 Å². The Morgan fingerprint density at radius 2 is 1.91 bits per heavy atom. The average Bonchev–Trinajstić information content (AvgIpc) is 3.51. The summed E-state index contributed by atoms with van der Waals surface area (Å²) < 4.78 is 16.2. The molecule has 0 radical (unpaired) electrons. The number of nitrogens with one attached hydrogen (secondary N) is 1. The molecule has 0 fully saturated rings. The maximum absolute atomic E-state index is 13.5. The smallest absolute Gasteiger partial charge is 0.337 e. The molecule has 1 atom stereocenters. The molecule has 0 saturated heterocycles. The van der Waals surface area contributed by atoms with Gasteiger partial charge in [-0.15, -0.1) is 10.2 Å². The van der Waals surface area contributed by atoms with E-state index in [1.54, 1.807) is 54.5 Å². The van der Waals surface area contributed by atoms with Gasteiger partial charge in [0, 0.05) is 28.9 Å². The van der Waals surface area contributed by atoms with Crippen LogP contribution in [0, 0.1) is 11.3 Å². The van der Waals surface area contributed by atoms with Gasteiger partial charge in [-0.3, -0.25) is 14.5 Å². The van der Waals surface area contributed by atoms with Gasteiger partial charge in [0.1, 0.15) is 17.3 Å². The van der Waals surface area contributed by atoms with Crippen molar-refractivity contribution in [3.63, 3.8) is 0 Å². The van der Waals surface area contributed by atoms with Gasteiger partial charge in [-0.2, -0.15) is 5.26 Å². The number of amides is 1. The van der Waals surface area contributed by atoms with E-state index in [0.29, 0.717) is 68.3 Å². The number of nitrogens with two attached hydrogens (primary N) is 1. The average molecular weight is 633 g/mol. The fourth-order valence-electron chi connectivity index (χ4n) is 5.16. The zero-order valence-electron chi connectivity index (χ0n) is 24.1. The van der Waals surface area contributed by atoms with Crippen molar-refractivity contribution in [3.8, 4) is 17.6 Å². The summed E-state index contributed by atoms with van der Waals surface area (Å²) in [5, 5.41) is 22.0. The van der Waals surface area contributed by atoms with E-state index in [4.69, 9.17) is 15.2 Å². The lowest BCUT2D eigenvalue weighted by Crippen LogP contribution is -2.38. The second-order valence-corrected chi connectivity index (χ2v) is 11.9. The Hall–Kier alpha value is -4.87. The SMILES string of the molecule is COC(=O)c1ccc(NC(=O)CSc2nnc(N3C(N)=C(C#N)C(c4cc(OC)ccc4OC)C4=C3CCCC4=O)s2)cc1. The summed E-state index contributed by atoms with van der Waals surface area (Å²) in [6.07, 6.45) is 1.50. The van der Waals surface area contributed by atoms with Gasteiger partial charge in [-0.25, -0.2) is 4.79 Å². The molecule has 5 rings (SSSR count). The third kappa shape index (κ3) is 5.97. The molecule has 3 N–H and O–H groups in total. The molecule has 1 aliphatic heterocycles. The van der Waals surface area contributed by atoms with Crippen molar-refractivity contribution < 1.29 is 28.6 Å². The van der Waals surface area contributed by atoms with Crippen molar-refractivity contribution in [2.45, 2.75) is 29.5 Å². The predicted molar refractivity (Wildman–Crippen MR) is 165 cm³/mol. The van der Waals surface area contributed by atoms with Crippen LogP contribution >= 0.6 is 23.1 Å². The number of carbonyl (C=O) groups excluding carboxylic acids is 3. The Labute approximate surface area is 261 Å². The van der Waals surface area contributed by atoms with E-state index in [9.17, 15) is 19.6 Å². The molecule has 1 aliphatic carbocycles. The summed E-state index contributed by atoms with van der Waals surface area (Å²) in [5.74, 6) is -0.312. The Balaban J connectivity index is 1.40. The van der Waals surface area contributed by atoms with Crippen LogP contribution in [-0.4, -0.2) is 54.9 Å². The Morgan fingerprint density at radius 3 is 2.59 bits per heavy atom. The van der Waals surface area contributed by atoms with Crippen LogP contribution in [0.2, 0.25) is 0 Å². The van der Waals surface area contributed by atoms with E-state index in [-0.39, 0.29) is 28.8 Å². The quantitative estimate of drug-likeness (QED) is 0.253. The summed E-state index contributed by atoms with van der Waals surface area (Å²) in [6, 6.07) is 13.8. The van der Waals surface area contributed by atoms with Gasteiger partial charge in [-0.1, -0.05) is 23.1 Å². The molecule has 3 aromatic rings. The van der Waals surface area contributed by atoms with Gasteiger partial charge in [0.15, 0.2) is 10.1 Å². The zero-order chi connectivity index (χ0) is 31.4. The number of aromatic nitrogens is 2. The molecule has 0 spiro atoms. The van der Waals surface area contributed by atoms with Crippen molar-refractivity contribution in [1.82, 2.24) is 10.2 Å². The number of carbonyl (C=O) groups is 3. The number of benzene rings is 2. The number of nitriles is 1. The second kappa shape index (κ2) is 13.2. The topological polar surface area (TPSA) is 170 Å². The molecule has 2 heterocycles. The third-order valence-electron chi connectivity index (χ3n) is 7.16. The number of hydrogen-bond acceptors (Lipinski definition) is 13. The Bertz CT molecular complexity index is 1730. The van der Waals surface area contributed by atoms with Crippen LogP contribution in [0.15, 0.2) is 69.5 Å². The predicted octanol–water partition coefficient (Wildman–Crippen LogP) is 4.38. The van der Waals surface area contributed by atoms with E-state index in [1.807, 2.05) is 0 Å². The van der Waals surface area contributed by atoms with E-state index in [2.05, 4.69) is 26.3 Å². The molecular formula is C30H28N6O6S2. The molecule has 44 heavy (non-hydrogen) atoms. The summed E-state index contributed by atoms with van der Waals surface area (Å²) in [5.41, 5.74) is 9.49. The number of ether oxygens (including phenoxy) is 3. The molecule has 1 aromatic heterocycles. The first-order valence-corrected chi connectivity index (χ1v) is 15.2. The minimum Gasteiger partial charge on any atom is -0.497 e. The van der Waals surface area contributed by atoms with Crippen LogP contribution in [0.3, 0.4) is 0 Å². The highest BCUT2D eigenvalue weighted by Gasteiger charge is 2.42. The van der Waals surface area contributed by atoms with Crippen molar-refractivity contribution in [2.75, 3.05) is 37.3 Å². The van der Waals surface area contributed by atoms with Gasteiger partial charge >= 0.3 is 5.97 Å². The number of Topliss-reactive ketones (excluding diaryl/α,β-unsaturated/α-hetero) is 1. The number of ketones is 1. The van der Waals surface area contributed by atoms with E-state index < -0.39 is 11.9 Å². The van der Waals surface area contributed by atoms with E-state index in [0.717, 1.165) is 0 Å². The van der Waals surface area contributed by atoms with Crippen LogP contribution in [-0.2, 0) is 14.3 Å². The van der Waals surface area contributed by atoms with Crippen molar-refractivity contribution in [2.24, 2.45) is 5.73 Å². The fourth-order valence-corrected chi connectivity index (χ4v) is 6.84. The first kappa shape index (κ1) is 30.6. The molecule has 226 valence electrons. The Morgan fingerprint density at radius 1 is 1.14 bits per heavy atom. The zero-order valence-corrected chi connectivity index (χ0v) is 25.7. The number of nitrogens with zero attached hydrogens (tertiary/aromatic N) is 4. The summed E-state index contributed by atoms with van der Waals surface area (Å²) in [7, 11) is 4.37. The van der Waals surface area contributed by atoms with Crippen molar-refractivity contribution in [1.29, 1.82) is 5.26 Å². The molecular weight excluding hydrogens is 605 g/mol. The molecule has 2 aliphatic rings. The number of methoxy groups -OCH3 is 3. The number of esters is 1. The molecule has 0 bridgehead atoms. The number of rotatable bonds is 9. The molecule has 12 nitrogen and oxygen atoms in total.